The Balaban J connectivity index is 1.29. The van der Waals surface area contributed by atoms with Gasteiger partial charge in [0.2, 0.25) is 0 Å². The molecule has 2 amide bonds. The lowest BCUT2D eigenvalue weighted by Crippen LogP contribution is -2.48. The van der Waals surface area contributed by atoms with Crippen molar-refractivity contribution in [3.8, 4) is 0 Å². The van der Waals surface area contributed by atoms with Gasteiger partial charge in [0.05, 0.1) is 34.6 Å². The van der Waals surface area contributed by atoms with E-state index in [1.807, 2.05) is 12.2 Å². The second-order valence-electron chi connectivity index (χ2n) is 12.1. The number of carbonyl (C=O) groups excluding carboxylic acids is 1. The molecule has 2 aromatic rings. The predicted octanol–water partition coefficient (Wildman–Crippen LogP) is 7.23. The summed E-state index contributed by atoms with van der Waals surface area (Å²) in [7, 11) is 0. The smallest absolute Gasteiger partial charge is 0.326 e. The monoisotopic (exact) mass is 628 g/mol. The van der Waals surface area contributed by atoms with Crippen LogP contribution < -0.4 is 10.2 Å². The molecule has 0 aromatic heterocycles. The summed E-state index contributed by atoms with van der Waals surface area (Å²) in [5.41, 5.74) is 5.27. The molecule has 42 heavy (non-hydrogen) atoms. The second kappa shape index (κ2) is 11.4. The lowest BCUT2D eigenvalue weighted by atomic mass is 9.85. The summed E-state index contributed by atoms with van der Waals surface area (Å²) in [6, 6.07) is 9.41. The van der Waals surface area contributed by atoms with Crippen LogP contribution in [0.15, 0.2) is 47.5 Å². The van der Waals surface area contributed by atoms with Crippen molar-refractivity contribution in [1.29, 1.82) is 0 Å². The van der Waals surface area contributed by atoms with E-state index in [4.69, 9.17) is 44.3 Å². The van der Waals surface area contributed by atoms with Gasteiger partial charge in [0.15, 0.2) is 6.29 Å². The quantitative estimate of drug-likeness (QED) is 0.365. The van der Waals surface area contributed by atoms with Crippen molar-refractivity contribution in [2.75, 3.05) is 31.2 Å². The van der Waals surface area contributed by atoms with Crippen molar-refractivity contribution >= 4 is 52.2 Å². The Labute approximate surface area is 262 Å². The number of amides is 2. The van der Waals surface area contributed by atoms with E-state index < -0.39 is 6.29 Å². The topological polar surface area (TPSA) is 57.3 Å². The number of likely N-dealkylation sites (tertiary alicyclic amines) is 2. The van der Waals surface area contributed by atoms with E-state index in [0.717, 1.165) is 59.0 Å². The molecule has 1 N–H and O–H groups in total. The molecule has 0 saturated carbocycles. The molecule has 3 atom stereocenters. The van der Waals surface area contributed by atoms with Crippen LogP contribution in [0.1, 0.15) is 61.2 Å². The van der Waals surface area contributed by atoms with Gasteiger partial charge in [0.1, 0.15) is 0 Å². The summed E-state index contributed by atoms with van der Waals surface area (Å²) >= 11 is 20.6. The average Bonchev–Trinajstić information content (AvgIpc) is 3.72. The second-order valence-corrected chi connectivity index (χ2v) is 13.4. The molecule has 7 rings (SSSR count). The number of urea groups is 1. The first-order chi connectivity index (χ1) is 20.3. The summed E-state index contributed by atoms with van der Waals surface area (Å²) in [5.74, 6) is 0.0127. The minimum absolute atomic E-state index is 0.0127. The fraction of sp³-hybridized carbons (Fsp3) is 0.469. The van der Waals surface area contributed by atoms with E-state index >= 15 is 0 Å². The SMILES string of the molecule is CC(C)N1CC2CC1CN2Cc1cc(C2CC=CC=C2Cl)c2c(c1)N(c1c(Cl)cc(C3OCCO3)cc1Cl)C(=O)NC2. The zero-order chi connectivity index (χ0) is 29.1. The highest BCUT2D eigenvalue weighted by Crippen LogP contribution is 2.47. The van der Waals surface area contributed by atoms with Gasteiger partial charge in [-0.25, -0.2) is 4.79 Å². The lowest BCUT2D eigenvalue weighted by molar-refractivity contribution is -0.0440. The lowest BCUT2D eigenvalue weighted by Gasteiger charge is -2.37. The number of anilines is 2. The van der Waals surface area contributed by atoms with Crippen molar-refractivity contribution < 1.29 is 14.3 Å². The Morgan fingerprint density at radius 1 is 1.02 bits per heavy atom. The van der Waals surface area contributed by atoms with E-state index in [1.165, 1.54) is 6.42 Å². The molecule has 4 heterocycles. The molecule has 3 unspecified atom stereocenters. The number of carbonyl (C=O) groups is 1. The minimum Gasteiger partial charge on any atom is -0.346 e. The van der Waals surface area contributed by atoms with Crippen LogP contribution in [-0.4, -0.2) is 60.3 Å². The van der Waals surface area contributed by atoms with Gasteiger partial charge in [-0.05, 0) is 67.7 Å². The summed E-state index contributed by atoms with van der Waals surface area (Å²) < 4.78 is 11.3. The van der Waals surface area contributed by atoms with Crippen molar-refractivity contribution in [3.63, 3.8) is 0 Å². The number of hydrogen-bond acceptors (Lipinski definition) is 5. The van der Waals surface area contributed by atoms with Crippen LogP contribution in [0.25, 0.3) is 0 Å². The molecule has 4 aliphatic heterocycles. The van der Waals surface area contributed by atoms with Crippen LogP contribution in [0, 0.1) is 0 Å². The number of nitrogens with zero attached hydrogens (tertiary/aromatic N) is 3. The van der Waals surface area contributed by atoms with E-state index in [9.17, 15) is 4.79 Å². The van der Waals surface area contributed by atoms with E-state index in [-0.39, 0.29) is 11.9 Å². The van der Waals surface area contributed by atoms with Crippen molar-refractivity contribution in [2.45, 2.75) is 70.1 Å². The number of nitrogens with one attached hydrogen (secondary N) is 1. The maximum absolute atomic E-state index is 13.6. The third kappa shape index (κ3) is 5.07. The fourth-order valence-corrected chi connectivity index (χ4v) is 8.27. The highest BCUT2D eigenvalue weighted by Gasteiger charge is 2.44. The molecule has 3 fully saturated rings. The van der Waals surface area contributed by atoms with Crippen LogP contribution >= 0.6 is 34.8 Å². The Hall–Kier alpha value is -2.10. The van der Waals surface area contributed by atoms with E-state index in [1.54, 1.807) is 17.0 Å². The number of halogens is 3. The van der Waals surface area contributed by atoms with Gasteiger partial charge in [-0.15, -0.1) is 0 Å². The number of fused-ring (bicyclic) bond motifs is 3. The number of hydrogen-bond donors (Lipinski definition) is 1. The van der Waals surface area contributed by atoms with Crippen molar-refractivity contribution in [2.24, 2.45) is 0 Å². The summed E-state index contributed by atoms with van der Waals surface area (Å²) in [4.78, 5) is 20.4. The van der Waals surface area contributed by atoms with Crippen LogP contribution in [0.4, 0.5) is 16.2 Å². The van der Waals surface area contributed by atoms with Gasteiger partial charge in [-0.1, -0.05) is 53.0 Å². The normalized spacial score (nSPS) is 26.3. The van der Waals surface area contributed by atoms with Gasteiger partial charge >= 0.3 is 6.03 Å². The zero-order valence-corrected chi connectivity index (χ0v) is 26.1. The van der Waals surface area contributed by atoms with Gasteiger partial charge in [0, 0.05) is 60.8 Å². The molecule has 0 spiro atoms. The first-order valence-electron chi connectivity index (χ1n) is 14.8. The molecule has 10 heteroatoms. The van der Waals surface area contributed by atoms with Crippen LogP contribution in [0.2, 0.25) is 10.0 Å². The van der Waals surface area contributed by atoms with Crippen LogP contribution in [0.5, 0.6) is 0 Å². The maximum Gasteiger partial charge on any atom is 0.326 e. The molecule has 7 nitrogen and oxygen atoms in total. The third-order valence-corrected chi connectivity index (χ3v) is 10.2. The Bertz CT molecular complexity index is 1450. The number of piperazine rings is 1. The van der Waals surface area contributed by atoms with Gasteiger partial charge < -0.3 is 14.8 Å². The standard InChI is InChI=1S/C32H35Cl3N4O3/c1-18(2)38-17-21-13-22(38)16-37(21)15-19-9-24(23-5-3-4-6-26(23)33)25-14-36-32(40)39(29(25)10-19)30-27(34)11-20(12-28(30)35)31-41-7-8-42-31/h3-4,6,9-12,18,21-23,31H,5,7-8,13-17H2,1-2H3,(H,36,40). The molecule has 1 aliphatic carbocycles. The maximum atomic E-state index is 13.6. The summed E-state index contributed by atoms with van der Waals surface area (Å²) in [5, 5.41) is 4.57. The van der Waals surface area contributed by atoms with E-state index in [2.05, 4.69) is 47.2 Å². The molecule has 222 valence electrons. The first kappa shape index (κ1) is 28.7. The van der Waals surface area contributed by atoms with Crippen molar-refractivity contribution in [1.82, 2.24) is 15.1 Å². The zero-order valence-electron chi connectivity index (χ0n) is 23.8. The Morgan fingerprint density at radius 3 is 2.45 bits per heavy atom. The number of ether oxygens (including phenoxy) is 2. The molecule has 2 aromatic carbocycles. The first-order valence-corrected chi connectivity index (χ1v) is 15.9. The van der Waals surface area contributed by atoms with E-state index in [0.29, 0.717) is 53.6 Å². The van der Waals surface area contributed by atoms with Crippen LogP contribution in [-0.2, 0) is 22.6 Å². The molecular formula is C32H35Cl3N4O3. The number of rotatable bonds is 6. The average molecular weight is 630 g/mol. The predicted molar refractivity (Wildman–Crippen MR) is 167 cm³/mol. The molecule has 3 saturated heterocycles. The van der Waals surface area contributed by atoms with Gasteiger partial charge in [0.25, 0.3) is 0 Å². The molecule has 5 aliphatic rings. The highest BCUT2D eigenvalue weighted by molar-refractivity contribution is 6.40. The third-order valence-electron chi connectivity index (χ3n) is 9.25. The Kier molecular flexibility index (Phi) is 7.80. The highest BCUT2D eigenvalue weighted by atomic mass is 35.5. The summed E-state index contributed by atoms with van der Waals surface area (Å²) in [6.07, 6.45) is 7.60. The summed E-state index contributed by atoms with van der Waals surface area (Å²) in [6.45, 7) is 8.95. The number of benzene rings is 2. The van der Waals surface area contributed by atoms with Crippen LogP contribution in [0.3, 0.4) is 0 Å². The molecular weight excluding hydrogens is 595 g/mol. The van der Waals surface area contributed by atoms with Crippen molar-refractivity contribution in [3.05, 3.63) is 79.8 Å². The minimum atomic E-state index is -0.523. The van der Waals surface area contributed by atoms with Gasteiger partial charge in [-0.3, -0.25) is 14.7 Å². The molecule has 0 radical (unpaired) electrons. The Morgan fingerprint density at radius 2 is 1.79 bits per heavy atom. The van der Waals surface area contributed by atoms with Gasteiger partial charge in [-0.2, -0.15) is 0 Å². The number of allylic oxidation sites excluding steroid dienone is 4. The molecule has 2 bridgehead atoms. The fourth-order valence-electron chi connectivity index (χ4n) is 7.31. The largest absolute Gasteiger partial charge is 0.346 e.